The predicted molar refractivity (Wildman–Crippen MR) is 160 cm³/mol. The normalized spacial score (nSPS) is 24.8. The van der Waals surface area contributed by atoms with Gasteiger partial charge in [-0.1, -0.05) is 121 Å². The highest BCUT2D eigenvalue weighted by Crippen LogP contribution is 2.61. The van der Waals surface area contributed by atoms with E-state index in [0.717, 1.165) is 0 Å². The zero-order chi connectivity index (χ0) is 24.2. The maximum atomic E-state index is 2.37. The van der Waals surface area contributed by atoms with Gasteiger partial charge in [0.2, 0.25) is 0 Å². The molecule has 4 atom stereocenters. The molecule has 0 N–H and O–H groups in total. The lowest BCUT2D eigenvalue weighted by Crippen LogP contribution is -2.08. The molecule has 4 aromatic carbocycles. The van der Waals surface area contributed by atoms with Gasteiger partial charge in [0, 0.05) is 0 Å². The molecule has 2 aliphatic rings. The summed E-state index contributed by atoms with van der Waals surface area (Å²) >= 11 is 0. The van der Waals surface area contributed by atoms with Crippen LogP contribution >= 0.6 is 15.8 Å². The van der Waals surface area contributed by atoms with Crippen LogP contribution in [0.5, 0.6) is 0 Å². The first-order valence-electron chi connectivity index (χ1n) is 13.5. The van der Waals surface area contributed by atoms with Gasteiger partial charge in [-0.3, -0.25) is 0 Å². The van der Waals surface area contributed by atoms with Gasteiger partial charge < -0.3 is 0 Å². The second-order valence-electron chi connectivity index (χ2n) is 10.6. The molecule has 2 fully saturated rings. The molecule has 0 aromatic heterocycles. The number of benzene rings is 4. The Bertz CT molecular complexity index is 1020. The third kappa shape index (κ3) is 5.37. The third-order valence-electron chi connectivity index (χ3n) is 8.43. The molecule has 2 heteroatoms. The average Bonchev–Trinajstić information content (AvgIpc) is 3.59. The van der Waals surface area contributed by atoms with E-state index >= 15 is 0 Å². The molecule has 6 rings (SSSR count). The molecule has 2 saturated heterocycles. The summed E-state index contributed by atoms with van der Waals surface area (Å²) in [5, 5.41) is 0. The zero-order valence-electron chi connectivity index (χ0n) is 21.0. The van der Waals surface area contributed by atoms with Crippen LogP contribution in [0.25, 0.3) is 0 Å². The molecule has 0 bridgehead atoms. The van der Waals surface area contributed by atoms with Gasteiger partial charge in [0.25, 0.3) is 0 Å². The van der Waals surface area contributed by atoms with Crippen LogP contribution in [0, 0.1) is 0 Å². The summed E-state index contributed by atoms with van der Waals surface area (Å²) < 4.78 is 0. The molecule has 2 aliphatic heterocycles. The van der Waals surface area contributed by atoms with Crippen LogP contribution < -0.4 is 0 Å². The second-order valence-corrected chi connectivity index (χ2v) is 15.6. The first kappa shape index (κ1) is 24.1. The first-order valence-corrected chi connectivity index (χ1v) is 17.3. The number of hydrogen-bond donors (Lipinski definition) is 0. The van der Waals surface area contributed by atoms with E-state index in [2.05, 4.69) is 121 Å². The van der Waals surface area contributed by atoms with Crippen molar-refractivity contribution in [3.8, 4) is 0 Å². The highest BCUT2D eigenvalue weighted by Gasteiger charge is 2.38. The lowest BCUT2D eigenvalue weighted by Gasteiger charge is -2.20. The summed E-state index contributed by atoms with van der Waals surface area (Å²) in [5.41, 5.74) is 6.21. The molecular formula is C34H36P2. The highest BCUT2D eigenvalue weighted by atomic mass is 31.1. The molecule has 0 aliphatic carbocycles. The minimum absolute atomic E-state index is 0.0920. The van der Waals surface area contributed by atoms with Crippen molar-refractivity contribution in [2.75, 3.05) is 37.0 Å². The number of rotatable bonds is 7. The zero-order valence-corrected chi connectivity index (χ0v) is 22.8. The second kappa shape index (κ2) is 11.4. The van der Waals surface area contributed by atoms with Gasteiger partial charge in [-0.05, 0) is 82.9 Å². The van der Waals surface area contributed by atoms with Gasteiger partial charge in [0.1, 0.15) is 0 Å². The van der Waals surface area contributed by atoms with Gasteiger partial charge in [0.05, 0.1) is 0 Å². The monoisotopic (exact) mass is 506 g/mol. The van der Waals surface area contributed by atoms with Crippen molar-refractivity contribution >= 4 is 15.8 Å². The molecule has 0 saturated carbocycles. The highest BCUT2D eigenvalue weighted by molar-refractivity contribution is 7.62. The minimum atomic E-state index is 0.0920. The van der Waals surface area contributed by atoms with Gasteiger partial charge in [-0.2, -0.15) is 0 Å². The van der Waals surface area contributed by atoms with E-state index in [1.54, 1.807) is 22.3 Å². The van der Waals surface area contributed by atoms with Crippen molar-refractivity contribution in [3.05, 3.63) is 144 Å². The Balaban J connectivity index is 1.16. The fourth-order valence-electron chi connectivity index (χ4n) is 6.57. The van der Waals surface area contributed by atoms with E-state index in [1.807, 2.05) is 0 Å². The molecule has 0 radical (unpaired) electrons. The van der Waals surface area contributed by atoms with E-state index < -0.39 is 0 Å². The number of hydrogen-bond acceptors (Lipinski definition) is 0. The van der Waals surface area contributed by atoms with Gasteiger partial charge in [-0.25, -0.2) is 0 Å². The van der Waals surface area contributed by atoms with E-state index in [9.17, 15) is 0 Å². The third-order valence-corrected chi connectivity index (χ3v) is 14.1. The van der Waals surface area contributed by atoms with Crippen LogP contribution in [-0.4, -0.2) is 37.0 Å². The molecular weight excluding hydrogens is 470 g/mol. The van der Waals surface area contributed by atoms with Crippen LogP contribution in [0.1, 0.15) is 45.9 Å². The van der Waals surface area contributed by atoms with E-state index in [0.29, 0.717) is 23.7 Å². The van der Waals surface area contributed by atoms with Gasteiger partial charge >= 0.3 is 0 Å². The standard InChI is InChI=1S/C34H36P2/c1-5-13-27(14-6-1)31-23-35(24-32(31)28-15-7-2-8-16-28)21-22-36-25-33(29-17-9-3-10-18-29)34(26-36)30-19-11-4-12-20-30/h1-20,31-34H,21-26H2/t31-,32-,33-,34-/m1/s1. The van der Waals surface area contributed by atoms with Gasteiger partial charge in [0.15, 0.2) is 0 Å². The summed E-state index contributed by atoms with van der Waals surface area (Å²) in [6, 6.07) is 45.4. The molecule has 0 amide bonds. The quantitative estimate of drug-likeness (QED) is 0.219. The van der Waals surface area contributed by atoms with Crippen molar-refractivity contribution in [3.63, 3.8) is 0 Å². The largest absolute Gasteiger partial charge is 0.105 e. The van der Waals surface area contributed by atoms with Gasteiger partial charge in [-0.15, -0.1) is 15.8 Å². The molecule has 0 nitrogen and oxygen atoms in total. The van der Waals surface area contributed by atoms with E-state index in [1.165, 1.54) is 37.0 Å². The summed E-state index contributed by atoms with van der Waals surface area (Å²) in [6.45, 7) is 0. The van der Waals surface area contributed by atoms with Crippen LogP contribution in [0.4, 0.5) is 0 Å². The smallest absolute Gasteiger partial charge is 0.00504 e. The Labute approximate surface area is 219 Å². The lowest BCUT2D eigenvalue weighted by molar-refractivity contribution is 0.666. The Hall–Kier alpha value is -2.26. The molecule has 0 unspecified atom stereocenters. The first-order chi connectivity index (χ1) is 17.8. The van der Waals surface area contributed by atoms with Crippen molar-refractivity contribution in [1.82, 2.24) is 0 Å². The maximum absolute atomic E-state index is 2.37. The molecule has 4 aromatic rings. The summed E-state index contributed by atoms with van der Waals surface area (Å²) in [6.07, 6.45) is 8.57. The SMILES string of the molecule is c1ccc([C@H]2CP(CCP3C[C@H](c4ccccc4)[C@@H](c4ccccc4)C3)C[C@@H]2c2ccccc2)cc1. The molecule has 36 heavy (non-hydrogen) atoms. The fraction of sp³-hybridized carbons (Fsp3) is 0.294. The molecule has 2 heterocycles. The van der Waals surface area contributed by atoms with Crippen LogP contribution in [0.3, 0.4) is 0 Å². The molecule has 182 valence electrons. The van der Waals surface area contributed by atoms with Crippen molar-refractivity contribution in [2.45, 2.75) is 23.7 Å². The Kier molecular flexibility index (Phi) is 7.65. The Morgan fingerprint density at radius 2 is 0.583 bits per heavy atom. The van der Waals surface area contributed by atoms with E-state index in [-0.39, 0.29) is 15.8 Å². The fourth-order valence-corrected chi connectivity index (χ4v) is 13.9. The summed E-state index contributed by atoms with van der Waals surface area (Å²) in [5.74, 6) is 2.74. The molecule has 0 spiro atoms. The lowest BCUT2D eigenvalue weighted by atomic mass is 9.84. The van der Waals surface area contributed by atoms with Crippen LogP contribution in [0.15, 0.2) is 121 Å². The summed E-state index contributed by atoms with van der Waals surface area (Å²) in [7, 11) is 0.184. The van der Waals surface area contributed by atoms with Crippen LogP contribution in [0.2, 0.25) is 0 Å². The maximum Gasteiger partial charge on any atom is -0.00504 e. The predicted octanol–water partition coefficient (Wildman–Crippen LogP) is 9.11. The Morgan fingerprint density at radius 1 is 0.361 bits per heavy atom. The van der Waals surface area contributed by atoms with Crippen molar-refractivity contribution < 1.29 is 0 Å². The van der Waals surface area contributed by atoms with Crippen molar-refractivity contribution in [2.24, 2.45) is 0 Å². The van der Waals surface area contributed by atoms with Crippen LogP contribution in [-0.2, 0) is 0 Å². The average molecular weight is 507 g/mol. The van der Waals surface area contributed by atoms with E-state index in [4.69, 9.17) is 0 Å². The topological polar surface area (TPSA) is 0 Å². The van der Waals surface area contributed by atoms with Crippen molar-refractivity contribution in [1.29, 1.82) is 0 Å². The Morgan fingerprint density at radius 3 is 0.806 bits per heavy atom. The minimum Gasteiger partial charge on any atom is -0.105 e. The summed E-state index contributed by atoms with van der Waals surface area (Å²) in [4.78, 5) is 0.